The molecule has 0 radical (unpaired) electrons. The van der Waals surface area contributed by atoms with Crippen molar-refractivity contribution in [2.75, 3.05) is 27.2 Å². The van der Waals surface area contributed by atoms with Gasteiger partial charge in [-0.25, -0.2) is 19.2 Å². The minimum atomic E-state index is -0.911. The first kappa shape index (κ1) is 29.9. The first-order chi connectivity index (χ1) is 19.7. The summed E-state index contributed by atoms with van der Waals surface area (Å²) in [5, 5.41) is 11.5. The van der Waals surface area contributed by atoms with Crippen LogP contribution in [0, 0.1) is 11.8 Å². The SMILES string of the molecule is CN(C)CCCNC(=O)n1cc(-c2nc(C(=O)N/C(C=NC3CCCCC3)=C(/N)c3nc(F)ccc3F)cs2)cn1. The van der Waals surface area contributed by atoms with Crippen LogP contribution in [0.4, 0.5) is 13.6 Å². The Morgan fingerprint density at radius 1 is 1.22 bits per heavy atom. The fourth-order valence-electron chi connectivity index (χ4n) is 4.23. The summed E-state index contributed by atoms with van der Waals surface area (Å²) < 4.78 is 29.4. The van der Waals surface area contributed by atoms with Crippen molar-refractivity contribution >= 4 is 35.2 Å². The molecule has 4 N–H and O–H groups in total. The number of aliphatic imine (C=N–C) groups is 1. The lowest BCUT2D eigenvalue weighted by atomic mass is 9.96. The number of hydrogen-bond donors (Lipinski definition) is 3. The molecule has 218 valence electrons. The van der Waals surface area contributed by atoms with E-state index in [1.54, 1.807) is 0 Å². The Labute approximate surface area is 240 Å². The van der Waals surface area contributed by atoms with E-state index >= 15 is 0 Å². The molecule has 1 saturated carbocycles. The van der Waals surface area contributed by atoms with Crippen LogP contribution in [0.2, 0.25) is 0 Å². The molecule has 14 heteroatoms. The van der Waals surface area contributed by atoms with Gasteiger partial charge < -0.3 is 21.3 Å². The molecule has 1 aliphatic rings. The molecule has 1 fully saturated rings. The van der Waals surface area contributed by atoms with Crippen LogP contribution < -0.4 is 16.4 Å². The van der Waals surface area contributed by atoms with Gasteiger partial charge in [-0.15, -0.1) is 11.3 Å². The second kappa shape index (κ2) is 14.0. The number of aromatic nitrogens is 4. The number of thiazole rings is 1. The fraction of sp³-hybridized carbons (Fsp3) is 0.407. The highest BCUT2D eigenvalue weighted by Crippen LogP contribution is 2.24. The van der Waals surface area contributed by atoms with Crippen LogP contribution in [0.25, 0.3) is 16.3 Å². The quantitative estimate of drug-likeness (QED) is 0.187. The number of hydrogen-bond acceptors (Lipinski definition) is 9. The van der Waals surface area contributed by atoms with Crippen molar-refractivity contribution in [1.82, 2.24) is 35.3 Å². The topological polar surface area (TPSA) is 143 Å². The largest absolute Gasteiger partial charge is 0.395 e. The average molecular weight is 586 g/mol. The van der Waals surface area contributed by atoms with Gasteiger partial charge in [0, 0.05) is 29.9 Å². The monoisotopic (exact) mass is 585 g/mol. The summed E-state index contributed by atoms with van der Waals surface area (Å²) in [7, 11) is 3.92. The van der Waals surface area contributed by atoms with Gasteiger partial charge in [-0.2, -0.15) is 14.2 Å². The summed E-state index contributed by atoms with van der Waals surface area (Å²) in [6.45, 7) is 1.35. The Balaban J connectivity index is 1.50. The average Bonchev–Trinajstić information content (AvgIpc) is 3.65. The lowest BCUT2D eigenvalue weighted by Gasteiger charge is -2.18. The molecule has 2 amide bonds. The van der Waals surface area contributed by atoms with Crippen molar-refractivity contribution in [1.29, 1.82) is 0 Å². The van der Waals surface area contributed by atoms with E-state index in [1.807, 2.05) is 19.0 Å². The predicted molar refractivity (Wildman–Crippen MR) is 153 cm³/mol. The third kappa shape index (κ3) is 8.24. The maximum Gasteiger partial charge on any atom is 0.342 e. The summed E-state index contributed by atoms with van der Waals surface area (Å²) in [5.41, 5.74) is 6.09. The minimum Gasteiger partial charge on any atom is -0.395 e. The van der Waals surface area contributed by atoms with Gasteiger partial charge in [-0.05, 0) is 52.0 Å². The van der Waals surface area contributed by atoms with Gasteiger partial charge in [0.1, 0.15) is 16.4 Å². The number of amides is 2. The lowest BCUT2D eigenvalue weighted by Crippen LogP contribution is -2.31. The molecule has 11 nitrogen and oxygen atoms in total. The van der Waals surface area contributed by atoms with Crippen LogP contribution >= 0.6 is 11.3 Å². The van der Waals surface area contributed by atoms with E-state index in [9.17, 15) is 18.4 Å². The molecule has 0 atom stereocenters. The Hall–Kier alpha value is -4.04. The summed E-state index contributed by atoms with van der Waals surface area (Å²) in [4.78, 5) is 40.0. The number of halogens is 2. The van der Waals surface area contributed by atoms with Gasteiger partial charge in [0.05, 0.1) is 23.6 Å². The van der Waals surface area contributed by atoms with E-state index < -0.39 is 23.4 Å². The second-order valence-corrected chi connectivity index (χ2v) is 10.8. The standard InChI is InChI=1S/C27H33F2N9O2S/c1-37(2)12-6-11-31-27(40)38-15-17(13-33-38)26-35-21(16-41-26)25(39)34-20(14-32-18-7-4-3-5-8-18)23(30)24-19(28)9-10-22(29)36-24/h9-10,13-16,18H,3-8,11-12,30H2,1-2H3,(H,31,40)(H,34,39)/b23-20+,32-14?. The molecule has 1 aliphatic carbocycles. The Morgan fingerprint density at radius 2 is 2.00 bits per heavy atom. The third-order valence-corrected chi connectivity index (χ3v) is 7.32. The molecular formula is C27H33F2N9O2S. The van der Waals surface area contributed by atoms with Gasteiger partial charge in [0.2, 0.25) is 5.95 Å². The van der Waals surface area contributed by atoms with Gasteiger partial charge in [0.25, 0.3) is 5.91 Å². The molecule has 4 rings (SSSR count). The highest BCUT2D eigenvalue weighted by molar-refractivity contribution is 7.13. The third-order valence-electron chi connectivity index (χ3n) is 6.43. The summed E-state index contributed by atoms with van der Waals surface area (Å²) in [6, 6.07) is 1.47. The van der Waals surface area contributed by atoms with Crippen molar-refractivity contribution in [2.24, 2.45) is 10.7 Å². The highest BCUT2D eigenvalue weighted by atomic mass is 32.1. The van der Waals surface area contributed by atoms with Crippen LogP contribution in [0.1, 0.15) is 54.7 Å². The zero-order valence-electron chi connectivity index (χ0n) is 22.9. The molecule has 0 aromatic carbocycles. The highest BCUT2D eigenvalue weighted by Gasteiger charge is 2.19. The first-order valence-corrected chi connectivity index (χ1v) is 14.2. The van der Waals surface area contributed by atoms with Crippen LogP contribution in [-0.4, -0.2) is 76.0 Å². The van der Waals surface area contributed by atoms with Crippen molar-refractivity contribution in [3.63, 3.8) is 0 Å². The van der Waals surface area contributed by atoms with Crippen LogP contribution in [0.3, 0.4) is 0 Å². The molecule has 0 aliphatic heterocycles. The van der Waals surface area contributed by atoms with Crippen molar-refractivity contribution in [3.05, 3.63) is 58.8 Å². The fourth-order valence-corrected chi connectivity index (χ4v) is 5.00. The molecule has 3 aromatic heterocycles. The van der Waals surface area contributed by atoms with E-state index in [0.29, 0.717) is 17.1 Å². The van der Waals surface area contributed by atoms with Crippen LogP contribution in [0.15, 0.2) is 40.6 Å². The predicted octanol–water partition coefficient (Wildman–Crippen LogP) is 3.65. The van der Waals surface area contributed by atoms with Gasteiger partial charge in [0.15, 0.2) is 5.82 Å². The molecule has 0 spiro atoms. The Bertz CT molecular complexity index is 1430. The summed E-state index contributed by atoms with van der Waals surface area (Å²) in [5.74, 6) is -2.37. The molecule has 41 heavy (non-hydrogen) atoms. The van der Waals surface area contributed by atoms with E-state index in [0.717, 1.165) is 57.2 Å². The number of nitrogens with zero attached hydrogens (tertiary/aromatic N) is 6. The Kier molecular flexibility index (Phi) is 10.2. The molecule has 0 bridgehead atoms. The Morgan fingerprint density at radius 3 is 2.76 bits per heavy atom. The number of nitrogens with two attached hydrogens (primary N) is 1. The molecule has 0 unspecified atom stereocenters. The molecule has 0 saturated heterocycles. The van der Waals surface area contributed by atoms with E-state index in [4.69, 9.17) is 5.73 Å². The zero-order chi connectivity index (χ0) is 29.4. The number of nitrogens with one attached hydrogen (secondary N) is 2. The second-order valence-electron chi connectivity index (χ2n) is 9.92. The maximum atomic E-state index is 14.5. The van der Waals surface area contributed by atoms with Crippen LogP contribution in [0.5, 0.6) is 0 Å². The number of allylic oxidation sites excluding steroid dienone is 1. The van der Waals surface area contributed by atoms with Crippen molar-refractivity contribution in [3.8, 4) is 10.6 Å². The number of rotatable bonds is 10. The number of carbonyl (C=O) groups is 2. The zero-order valence-corrected chi connectivity index (χ0v) is 23.8. The molecule has 3 heterocycles. The molecular weight excluding hydrogens is 552 g/mol. The lowest BCUT2D eigenvalue weighted by molar-refractivity contribution is 0.0964. The van der Waals surface area contributed by atoms with E-state index in [-0.39, 0.29) is 29.2 Å². The van der Waals surface area contributed by atoms with Gasteiger partial charge in [-0.3, -0.25) is 9.79 Å². The van der Waals surface area contributed by atoms with E-state index in [2.05, 4.69) is 30.7 Å². The van der Waals surface area contributed by atoms with Gasteiger partial charge >= 0.3 is 6.03 Å². The van der Waals surface area contributed by atoms with E-state index in [1.165, 1.54) is 40.0 Å². The maximum absolute atomic E-state index is 14.5. The van der Waals surface area contributed by atoms with Crippen LogP contribution in [-0.2, 0) is 0 Å². The summed E-state index contributed by atoms with van der Waals surface area (Å²) in [6.07, 6.45) is 10.2. The minimum absolute atomic E-state index is 0.00844. The smallest absolute Gasteiger partial charge is 0.342 e. The number of carbonyl (C=O) groups excluding carboxylic acids is 2. The van der Waals surface area contributed by atoms with Crippen molar-refractivity contribution in [2.45, 2.75) is 44.6 Å². The first-order valence-electron chi connectivity index (χ1n) is 13.3. The van der Waals surface area contributed by atoms with Gasteiger partial charge in [-0.1, -0.05) is 19.3 Å². The normalized spacial score (nSPS) is 14.9. The number of pyridine rings is 1. The molecule has 3 aromatic rings. The van der Waals surface area contributed by atoms with Crippen molar-refractivity contribution < 1.29 is 18.4 Å². The summed E-state index contributed by atoms with van der Waals surface area (Å²) >= 11 is 1.19.